The topological polar surface area (TPSA) is 26.0 Å². The Morgan fingerprint density at radius 1 is 1.43 bits per heavy atom. The first kappa shape index (κ1) is 9.94. The summed E-state index contributed by atoms with van der Waals surface area (Å²) in [5, 5.41) is 0.644. The molecule has 1 saturated carbocycles. The van der Waals surface area contributed by atoms with Crippen LogP contribution >= 0.6 is 11.6 Å². The third kappa shape index (κ3) is 1.91. The minimum atomic E-state index is -1.12. The number of hydrogen-bond acceptors (Lipinski definition) is 1. The number of alkyl halides is 1. The van der Waals surface area contributed by atoms with Gasteiger partial charge in [0.05, 0.1) is 0 Å². The summed E-state index contributed by atoms with van der Waals surface area (Å²) < 4.78 is 13.9. The molecule has 0 atom stereocenters. The van der Waals surface area contributed by atoms with Crippen LogP contribution in [0.25, 0.3) is 0 Å². The van der Waals surface area contributed by atoms with E-state index >= 15 is 0 Å². The second kappa shape index (κ2) is 3.52. The van der Waals surface area contributed by atoms with Crippen LogP contribution in [0.5, 0.6) is 0 Å². The van der Waals surface area contributed by atoms with E-state index in [2.05, 4.69) is 0 Å². The van der Waals surface area contributed by atoms with Crippen molar-refractivity contribution in [2.45, 2.75) is 31.0 Å². The molecule has 0 heterocycles. The third-order valence-electron chi connectivity index (χ3n) is 2.72. The Balaban J connectivity index is 2.08. The minimum absolute atomic E-state index is 0.0301. The summed E-state index contributed by atoms with van der Waals surface area (Å²) in [5.74, 6) is 0. The van der Waals surface area contributed by atoms with E-state index in [1.54, 1.807) is 6.07 Å². The number of benzene rings is 1. The molecule has 0 amide bonds. The molecule has 1 aromatic rings. The number of nitrogens with two attached hydrogens (primary N) is 1. The molecule has 0 bridgehead atoms. The van der Waals surface area contributed by atoms with Gasteiger partial charge < -0.3 is 5.73 Å². The quantitative estimate of drug-likeness (QED) is 0.803. The van der Waals surface area contributed by atoms with Crippen molar-refractivity contribution in [3.05, 3.63) is 34.9 Å². The fraction of sp³-hybridized carbons (Fsp3) is 0.455. The average molecular weight is 214 g/mol. The van der Waals surface area contributed by atoms with Crippen LogP contribution in [0.2, 0.25) is 5.02 Å². The van der Waals surface area contributed by atoms with Crippen LogP contribution in [0.15, 0.2) is 24.3 Å². The second-order valence-corrected chi connectivity index (χ2v) is 4.49. The maximum Gasteiger partial charge on any atom is 0.118 e. The van der Waals surface area contributed by atoms with Crippen molar-refractivity contribution in [2.24, 2.45) is 5.73 Å². The summed E-state index contributed by atoms with van der Waals surface area (Å²) in [4.78, 5) is 0. The first-order chi connectivity index (χ1) is 6.59. The summed E-state index contributed by atoms with van der Waals surface area (Å²) in [5.41, 5.74) is 5.33. The molecule has 0 aromatic heterocycles. The fourth-order valence-corrected chi connectivity index (χ4v) is 2.21. The Hall–Kier alpha value is -0.600. The van der Waals surface area contributed by atoms with Gasteiger partial charge in [0.25, 0.3) is 0 Å². The fourth-order valence-electron chi connectivity index (χ4n) is 2.01. The molecule has 0 unspecified atom stereocenters. The lowest BCUT2D eigenvalue weighted by Crippen LogP contribution is -2.49. The molecule has 0 aliphatic heterocycles. The molecule has 0 saturated heterocycles. The Kier molecular flexibility index (Phi) is 2.50. The van der Waals surface area contributed by atoms with E-state index in [9.17, 15) is 4.39 Å². The van der Waals surface area contributed by atoms with Gasteiger partial charge in [-0.25, -0.2) is 4.39 Å². The molecule has 3 heteroatoms. The van der Waals surface area contributed by atoms with Crippen molar-refractivity contribution < 1.29 is 4.39 Å². The van der Waals surface area contributed by atoms with Gasteiger partial charge in [-0.05, 0) is 24.5 Å². The number of hydrogen-bond donors (Lipinski definition) is 1. The maximum absolute atomic E-state index is 13.9. The minimum Gasteiger partial charge on any atom is -0.327 e. The lowest BCUT2D eigenvalue weighted by Gasteiger charge is -2.39. The van der Waals surface area contributed by atoms with Crippen LogP contribution in [0.4, 0.5) is 4.39 Å². The Morgan fingerprint density at radius 3 is 2.64 bits per heavy atom. The predicted octanol–water partition coefficient (Wildman–Crippen LogP) is 2.71. The predicted molar refractivity (Wildman–Crippen MR) is 56.2 cm³/mol. The maximum atomic E-state index is 13.9. The van der Waals surface area contributed by atoms with Crippen LogP contribution in [0.1, 0.15) is 18.4 Å². The van der Waals surface area contributed by atoms with Gasteiger partial charge in [-0.15, -0.1) is 0 Å². The standard InChI is InChI=1S/C11H13ClFN/c12-10-4-2-1-3-8(10)5-11(13)6-9(14)7-11/h1-4,9H,5-7,14H2. The highest BCUT2D eigenvalue weighted by Gasteiger charge is 2.43. The molecule has 14 heavy (non-hydrogen) atoms. The van der Waals surface area contributed by atoms with E-state index in [1.807, 2.05) is 18.2 Å². The second-order valence-electron chi connectivity index (χ2n) is 4.09. The van der Waals surface area contributed by atoms with Gasteiger partial charge in [-0.2, -0.15) is 0 Å². The summed E-state index contributed by atoms with van der Waals surface area (Å²) in [6, 6.07) is 7.42. The largest absolute Gasteiger partial charge is 0.327 e. The van der Waals surface area contributed by atoms with Gasteiger partial charge >= 0.3 is 0 Å². The highest BCUT2D eigenvalue weighted by molar-refractivity contribution is 6.31. The van der Waals surface area contributed by atoms with E-state index < -0.39 is 5.67 Å². The summed E-state index contributed by atoms with van der Waals surface area (Å²) in [7, 11) is 0. The molecule has 1 aliphatic rings. The Labute approximate surface area is 88.1 Å². The van der Waals surface area contributed by atoms with Crippen molar-refractivity contribution in [1.29, 1.82) is 0 Å². The van der Waals surface area contributed by atoms with E-state index in [1.165, 1.54) is 0 Å². The molecular weight excluding hydrogens is 201 g/mol. The van der Waals surface area contributed by atoms with E-state index in [0.717, 1.165) is 5.56 Å². The van der Waals surface area contributed by atoms with E-state index in [4.69, 9.17) is 17.3 Å². The number of halogens is 2. The van der Waals surface area contributed by atoms with Gasteiger partial charge in [0, 0.05) is 17.5 Å². The summed E-state index contributed by atoms with van der Waals surface area (Å²) in [6.45, 7) is 0. The van der Waals surface area contributed by atoms with Crippen molar-refractivity contribution in [1.82, 2.24) is 0 Å². The van der Waals surface area contributed by atoms with Gasteiger partial charge in [0.2, 0.25) is 0 Å². The van der Waals surface area contributed by atoms with Crippen molar-refractivity contribution in [2.75, 3.05) is 0 Å². The highest BCUT2D eigenvalue weighted by Crippen LogP contribution is 2.39. The first-order valence-electron chi connectivity index (χ1n) is 4.77. The zero-order chi connectivity index (χ0) is 10.2. The van der Waals surface area contributed by atoms with Crippen LogP contribution in [-0.2, 0) is 6.42 Å². The molecular formula is C11H13ClFN. The third-order valence-corrected chi connectivity index (χ3v) is 3.09. The first-order valence-corrected chi connectivity index (χ1v) is 5.15. The SMILES string of the molecule is NC1CC(F)(Cc2ccccc2Cl)C1. The van der Waals surface area contributed by atoms with Gasteiger partial charge in [0.1, 0.15) is 5.67 Å². The molecule has 76 valence electrons. The lowest BCUT2D eigenvalue weighted by molar-refractivity contribution is 0.0445. The zero-order valence-electron chi connectivity index (χ0n) is 7.84. The van der Waals surface area contributed by atoms with Crippen LogP contribution in [-0.4, -0.2) is 11.7 Å². The summed E-state index contributed by atoms with van der Waals surface area (Å²) >= 11 is 5.95. The summed E-state index contributed by atoms with van der Waals surface area (Å²) in [6.07, 6.45) is 1.30. The van der Waals surface area contributed by atoms with Crippen molar-refractivity contribution >= 4 is 11.6 Å². The number of rotatable bonds is 2. The van der Waals surface area contributed by atoms with Gasteiger partial charge in [-0.3, -0.25) is 0 Å². The van der Waals surface area contributed by atoms with E-state index in [0.29, 0.717) is 24.3 Å². The van der Waals surface area contributed by atoms with Gasteiger partial charge in [-0.1, -0.05) is 29.8 Å². The van der Waals surface area contributed by atoms with Crippen LogP contribution in [0, 0.1) is 0 Å². The van der Waals surface area contributed by atoms with Crippen LogP contribution in [0.3, 0.4) is 0 Å². The molecule has 2 rings (SSSR count). The Morgan fingerprint density at radius 2 is 2.07 bits per heavy atom. The molecule has 0 radical (unpaired) electrons. The van der Waals surface area contributed by atoms with Crippen molar-refractivity contribution in [3.8, 4) is 0 Å². The molecule has 1 fully saturated rings. The normalized spacial score (nSPS) is 31.2. The molecule has 0 spiro atoms. The smallest absolute Gasteiger partial charge is 0.118 e. The molecule has 1 nitrogen and oxygen atoms in total. The van der Waals surface area contributed by atoms with Gasteiger partial charge in [0.15, 0.2) is 0 Å². The zero-order valence-corrected chi connectivity index (χ0v) is 8.60. The highest BCUT2D eigenvalue weighted by atomic mass is 35.5. The lowest BCUT2D eigenvalue weighted by atomic mass is 9.74. The molecule has 1 aliphatic carbocycles. The van der Waals surface area contributed by atoms with E-state index in [-0.39, 0.29) is 6.04 Å². The molecule has 2 N–H and O–H groups in total. The average Bonchev–Trinajstić information content (AvgIpc) is 2.06. The molecule has 1 aromatic carbocycles. The monoisotopic (exact) mass is 213 g/mol. The van der Waals surface area contributed by atoms with Crippen molar-refractivity contribution in [3.63, 3.8) is 0 Å². The van der Waals surface area contributed by atoms with Crippen LogP contribution < -0.4 is 5.73 Å². The Bertz CT molecular complexity index is 334.